The Balaban J connectivity index is 1.56. The second kappa shape index (κ2) is 6.91. The molecule has 0 aliphatic heterocycles. The number of benzene rings is 2. The van der Waals surface area contributed by atoms with E-state index in [1.54, 1.807) is 25.1 Å². The third kappa shape index (κ3) is 3.30. The van der Waals surface area contributed by atoms with Gasteiger partial charge in [-0.3, -0.25) is 14.9 Å². The van der Waals surface area contributed by atoms with Crippen molar-refractivity contribution in [1.29, 1.82) is 0 Å². The minimum absolute atomic E-state index is 0.00893. The number of anilines is 1. The van der Waals surface area contributed by atoms with Crippen molar-refractivity contribution in [2.45, 2.75) is 13.5 Å². The van der Waals surface area contributed by atoms with Gasteiger partial charge in [0.05, 0.1) is 21.8 Å². The molecule has 0 spiro atoms. The molecule has 2 aromatic heterocycles. The van der Waals surface area contributed by atoms with Crippen LogP contribution >= 0.6 is 0 Å². The number of nitrogens with one attached hydrogen (secondary N) is 1. The monoisotopic (exact) mass is 377 g/mol. The maximum Gasteiger partial charge on any atom is 0.269 e. The first-order chi connectivity index (χ1) is 13.5. The van der Waals surface area contributed by atoms with Gasteiger partial charge in [-0.1, -0.05) is 17.3 Å². The summed E-state index contributed by atoms with van der Waals surface area (Å²) in [6.45, 7) is 1.79. The highest BCUT2D eigenvalue weighted by Gasteiger charge is 2.14. The quantitative estimate of drug-likeness (QED) is 0.421. The Morgan fingerprint density at radius 2 is 1.93 bits per heavy atom. The van der Waals surface area contributed by atoms with Crippen molar-refractivity contribution in [3.05, 3.63) is 70.4 Å². The number of nitro groups is 1. The number of aromatic nitrogens is 5. The number of hydrogen-bond acceptors (Lipinski definition) is 6. The Morgan fingerprint density at radius 3 is 2.68 bits per heavy atom. The second-order valence-corrected chi connectivity index (χ2v) is 6.14. The molecule has 1 amide bonds. The summed E-state index contributed by atoms with van der Waals surface area (Å²) >= 11 is 0. The lowest BCUT2D eigenvalue weighted by Gasteiger charge is -2.09. The molecule has 10 heteroatoms. The summed E-state index contributed by atoms with van der Waals surface area (Å²) in [7, 11) is 0. The summed E-state index contributed by atoms with van der Waals surface area (Å²) in [6, 6.07) is 15.0. The molecular formula is C18H15N7O3. The van der Waals surface area contributed by atoms with E-state index in [2.05, 4.69) is 20.7 Å². The fourth-order valence-corrected chi connectivity index (χ4v) is 2.85. The van der Waals surface area contributed by atoms with Gasteiger partial charge in [-0.2, -0.15) is 5.10 Å². The highest BCUT2D eigenvalue weighted by atomic mass is 16.6. The minimum Gasteiger partial charge on any atom is -0.309 e. The van der Waals surface area contributed by atoms with Crippen molar-refractivity contribution in [3.63, 3.8) is 0 Å². The number of aryl methyl sites for hydroxylation is 1. The maximum absolute atomic E-state index is 12.5. The van der Waals surface area contributed by atoms with Crippen LogP contribution in [0, 0.1) is 17.0 Å². The van der Waals surface area contributed by atoms with Gasteiger partial charge in [0.1, 0.15) is 17.9 Å². The average molecular weight is 377 g/mol. The Kier molecular flexibility index (Phi) is 4.28. The molecular weight excluding hydrogens is 362 g/mol. The van der Waals surface area contributed by atoms with Gasteiger partial charge in [0.15, 0.2) is 0 Å². The number of carbonyl (C=O) groups is 1. The van der Waals surface area contributed by atoms with E-state index < -0.39 is 4.92 Å². The van der Waals surface area contributed by atoms with Crippen LogP contribution in [-0.4, -0.2) is 35.6 Å². The first-order valence-corrected chi connectivity index (χ1v) is 8.41. The molecule has 0 bridgehead atoms. The standard InChI is InChI=1S/C18H15N7O3/c1-12-10-17(24(21-12)13-6-8-14(9-7-13)25(27)28)19-18(26)11-23-16-5-3-2-4-15(16)20-22-23/h2-10H,11H2,1H3,(H,19,26). The molecule has 0 atom stereocenters. The highest BCUT2D eigenvalue weighted by Crippen LogP contribution is 2.20. The Morgan fingerprint density at radius 1 is 1.18 bits per heavy atom. The van der Waals surface area contributed by atoms with Crippen LogP contribution in [0.15, 0.2) is 54.6 Å². The summed E-state index contributed by atoms with van der Waals surface area (Å²) in [5.74, 6) is 0.166. The molecule has 2 heterocycles. The van der Waals surface area contributed by atoms with Crippen molar-refractivity contribution in [1.82, 2.24) is 24.8 Å². The normalized spacial score (nSPS) is 10.9. The van der Waals surface area contributed by atoms with E-state index in [4.69, 9.17) is 0 Å². The van der Waals surface area contributed by atoms with Crippen LogP contribution in [0.4, 0.5) is 11.5 Å². The number of para-hydroxylation sites is 1. The SMILES string of the molecule is Cc1cc(NC(=O)Cn2nnc3ccccc32)n(-c2ccc([N+](=O)[O-])cc2)n1. The Labute approximate surface area is 158 Å². The van der Waals surface area contributed by atoms with Crippen LogP contribution in [0.1, 0.15) is 5.69 Å². The van der Waals surface area contributed by atoms with E-state index in [0.29, 0.717) is 22.7 Å². The zero-order valence-electron chi connectivity index (χ0n) is 14.8. The summed E-state index contributed by atoms with van der Waals surface area (Å²) < 4.78 is 3.04. The summed E-state index contributed by atoms with van der Waals surface area (Å²) in [4.78, 5) is 22.9. The molecule has 0 radical (unpaired) electrons. The van der Waals surface area contributed by atoms with E-state index in [0.717, 1.165) is 5.52 Å². The number of amides is 1. The van der Waals surface area contributed by atoms with Gasteiger partial charge in [-0.05, 0) is 31.2 Å². The summed E-state index contributed by atoms with van der Waals surface area (Å²) in [5, 5.41) is 26.0. The van der Waals surface area contributed by atoms with Crippen LogP contribution in [0.2, 0.25) is 0 Å². The molecule has 140 valence electrons. The zero-order valence-corrected chi connectivity index (χ0v) is 14.8. The van der Waals surface area contributed by atoms with Crippen molar-refractivity contribution in [3.8, 4) is 5.69 Å². The number of non-ortho nitro benzene ring substituents is 1. The van der Waals surface area contributed by atoms with Crippen molar-refractivity contribution in [2.24, 2.45) is 0 Å². The highest BCUT2D eigenvalue weighted by molar-refractivity contribution is 5.91. The first kappa shape index (κ1) is 17.3. The van der Waals surface area contributed by atoms with Gasteiger partial charge in [0, 0.05) is 18.2 Å². The van der Waals surface area contributed by atoms with E-state index >= 15 is 0 Å². The molecule has 4 rings (SSSR count). The topological polar surface area (TPSA) is 121 Å². The van der Waals surface area contributed by atoms with Crippen molar-refractivity contribution >= 4 is 28.4 Å². The molecule has 1 N–H and O–H groups in total. The molecule has 0 fully saturated rings. The second-order valence-electron chi connectivity index (χ2n) is 6.14. The number of hydrogen-bond donors (Lipinski definition) is 1. The largest absolute Gasteiger partial charge is 0.309 e. The van der Waals surface area contributed by atoms with E-state index in [1.807, 2.05) is 24.3 Å². The van der Waals surface area contributed by atoms with Gasteiger partial charge in [0.2, 0.25) is 5.91 Å². The molecule has 2 aromatic carbocycles. The van der Waals surface area contributed by atoms with Crippen molar-refractivity contribution in [2.75, 3.05) is 5.32 Å². The third-order valence-electron chi connectivity index (χ3n) is 4.12. The molecule has 0 unspecified atom stereocenters. The van der Waals surface area contributed by atoms with Crippen LogP contribution in [0.5, 0.6) is 0 Å². The first-order valence-electron chi connectivity index (χ1n) is 8.41. The molecule has 28 heavy (non-hydrogen) atoms. The van der Waals surface area contributed by atoms with Gasteiger partial charge < -0.3 is 5.32 Å². The fraction of sp³-hybridized carbons (Fsp3) is 0.111. The van der Waals surface area contributed by atoms with Gasteiger partial charge in [-0.25, -0.2) is 9.36 Å². The van der Waals surface area contributed by atoms with E-state index in [-0.39, 0.29) is 18.1 Å². The number of rotatable bonds is 5. The lowest BCUT2D eigenvalue weighted by Crippen LogP contribution is -2.21. The maximum atomic E-state index is 12.5. The molecule has 0 aliphatic rings. The van der Waals surface area contributed by atoms with Gasteiger partial charge >= 0.3 is 0 Å². The Bertz CT molecular complexity index is 1180. The lowest BCUT2D eigenvalue weighted by molar-refractivity contribution is -0.384. The molecule has 0 saturated carbocycles. The van der Waals surface area contributed by atoms with Crippen molar-refractivity contribution < 1.29 is 9.72 Å². The zero-order chi connectivity index (χ0) is 19.7. The van der Waals surface area contributed by atoms with Crippen LogP contribution in [0.3, 0.4) is 0 Å². The minimum atomic E-state index is -0.469. The number of fused-ring (bicyclic) bond motifs is 1. The van der Waals surface area contributed by atoms with Crippen LogP contribution in [-0.2, 0) is 11.3 Å². The van der Waals surface area contributed by atoms with Gasteiger partial charge in [0.25, 0.3) is 5.69 Å². The Hall–Kier alpha value is -4.08. The number of nitro benzene ring substituents is 1. The smallest absolute Gasteiger partial charge is 0.269 e. The number of nitrogens with zero attached hydrogens (tertiary/aromatic N) is 6. The summed E-state index contributed by atoms with van der Waals surface area (Å²) in [5.41, 5.74) is 2.75. The third-order valence-corrected chi connectivity index (χ3v) is 4.12. The number of carbonyl (C=O) groups excluding carboxylic acids is 1. The van der Waals surface area contributed by atoms with E-state index in [9.17, 15) is 14.9 Å². The van der Waals surface area contributed by atoms with Crippen LogP contribution < -0.4 is 5.32 Å². The predicted octanol–water partition coefficient (Wildman–Crippen LogP) is 2.47. The molecule has 10 nitrogen and oxygen atoms in total. The fourth-order valence-electron chi connectivity index (χ4n) is 2.85. The average Bonchev–Trinajstić information content (AvgIpc) is 3.25. The molecule has 0 saturated heterocycles. The van der Waals surface area contributed by atoms with Crippen LogP contribution in [0.25, 0.3) is 16.7 Å². The lowest BCUT2D eigenvalue weighted by atomic mass is 10.3. The van der Waals surface area contributed by atoms with Gasteiger partial charge in [-0.15, -0.1) is 5.10 Å². The molecule has 4 aromatic rings. The summed E-state index contributed by atoms with van der Waals surface area (Å²) in [6.07, 6.45) is 0. The van der Waals surface area contributed by atoms with E-state index in [1.165, 1.54) is 21.5 Å². The predicted molar refractivity (Wildman–Crippen MR) is 101 cm³/mol. The molecule has 0 aliphatic carbocycles.